The average Bonchev–Trinajstić information content (AvgIpc) is 2.34. The van der Waals surface area contributed by atoms with Gasteiger partial charge in [-0.15, -0.1) is 12.4 Å². The summed E-state index contributed by atoms with van der Waals surface area (Å²) in [5, 5.41) is 6.05. The quantitative estimate of drug-likeness (QED) is 0.870. The summed E-state index contributed by atoms with van der Waals surface area (Å²) in [6.45, 7) is 7.38. The Balaban J connectivity index is 0.00000242. The van der Waals surface area contributed by atoms with Crippen LogP contribution in [0, 0.1) is 29.4 Å². The number of carbonyl (C=O) groups excluding carboxylic acids is 1. The first-order chi connectivity index (χ1) is 9.90. The second-order valence-electron chi connectivity index (χ2n) is 6.10. The summed E-state index contributed by atoms with van der Waals surface area (Å²) < 4.78 is 27.0. The SMILES string of the molecule is CC(C)C(NC(=O)C(C)C1CNC1)c1ccc(F)cc1F.Cl. The molecule has 1 aromatic carbocycles. The highest BCUT2D eigenvalue weighted by molar-refractivity contribution is 5.85. The zero-order valence-electron chi connectivity index (χ0n) is 13.0. The molecule has 0 aromatic heterocycles. The minimum absolute atomic E-state index is 0. The summed E-state index contributed by atoms with van der Waals surface area (Å²) in [5.41, 5.74) is 0.332. The van der Waals surface area contributed by atoms with Crippen molar-refractivity contribution in [1.29, 1.82) is 0 Å². The van der Waals surface area contributed by atoms with Crippen LogP contribution in [0.3, 0.4) is 0 Å². The van der Waals surface area contributed by atoms with Gasteiger partial charge in [-0.25, -0.2) is 8.78 Å². The van der Waals surface area contributed by atoms with Gasteiger partial charge in [0.1, 0.15) is 11.6 Å². The summed E-state index contributed by atoms with van der Waals surface area (Å²) in [7, 11) is 0. The molecule has 3 nitrogen and oxygen atoms in total. The van der Waals surface area contributed by atoms with E-state index in [1.807, 2.05) is 20.8 Å². The molecule has 124 valence electrons. The highest BCUT2D eigenvalue weighted by atomic mass is 35.5. The van der Waals surface area contributed by atoms with Crippen LogP contribution in [0.2, 0.25) is 0 Å². The predicted molar refractivity (Wildman–Crippen MR) is 84.9 cm³/mol. The zero-order chi connectivity index (χ0) is 15.6. The first-order valence-electron chi connectivity index (χ1n) is 7.36. The van der Waals surface area contributed by atoms with Gasteiger partial charge in [0.25, 0.3) is 0 Å². The van der Waals surface area contributed by atoms with Crippen molar-refractivity contribution in [3.8, 4) is 0 Å². The van der Waals surface area contributed by atoms with Gasteiger partial charge in [0.15, 0.2) is 0 Å². The molecule has 0 saturated carbocycles. The normalized spacial score (nSPS) is 17.4. The molecule has 1 aromatic rings. The van der Waals surface area contributed by atoms with E-state index in [-0.39, 0.29) is 30.2 Å². The molecule has 2 rings (SSSR count). The number of halogens is 3. The maximum absolute atomic E-state index is 13.9. The molecule has 2 atom stereocenters. The van der Waals surface area contributed by atoms with Crippen molar-refractivity contribution >= 4 is 18.3 Å². The maximum Gasteiger partial charge on any atom is 0.223 e. The van der Waals surface area contributed by atoms with Crippen LogP contribution in [0.1, 0.15) is 32.4 Å². The smallest absolute Gasteiger partial charge is 0.223 e. The van der Waals surface area contributed by atoms with Crippen molar-refractivity contribution in [3.05, 3.63) is 35.4 Å². The topological polar surface area (TPSA) is 41.1 Å². The van der Waals surface area contributed by atoms with Crippen LogP contribution >= 0.6 is 12.4 Å². The van der Waals surface area contributed by atoms with E-state index in [0.29, 0.717) is 11.5 Å². The third kappa shape index (κ3) is 4.17. The van der Waals surface area contributed by atoms with Gasteiger partial charge >= 0.3 is 0 Å². The average molecular weight is 333 g/mol. The van der Waals surface area contributed by atoms with Crippen LogP contribution in [0.4, 0.5) is 8.78 Å². The van der Waals surface area contributed by atoms with Crippen molar-refractivity contribution in [2.45, 2.75) is 26.8 Å². The maximum atomic E-state index is 13.9. The molecule has 1 heterocycles. The number of hydrogen-bond donors (Lipinski definition) is 2. The summed E-state index contributed by atoms with van der Waals surface area (Å²) in [4.78, 5) is 12.3. The van der Waals surface area contributed by atoms with Crippen LogP contribution in [-0.4, -0.2) is 19.0 Å². The largest absolute Gasteiger partial charge is 0.349 e. The van der Waals surface area contributed by atoms with Crippen molar-refractivity contribution in [3.63, 3.8) is 0 Å². The predicted octanol–water partition coefficient (Wildman–Crippen LogP) is 3.06. The standard InChI is InChI=1S/C16H22F2N2O.ClH/c1-9(2)15(13-5-4-12(17)6-14(13)18)20-16(21)10(3)11-7-19-8-11;/h4-6,9-11,15,19H,7-8H2,1-3H3,(H,20,21);1H. The monoisotopic (exact) mass is 332 g/mol. The number of benzene rings is 1. The van der Waals surface area contributed by atoms with E-state index < -0.39 is 17.7 Å². The molecule has 2 N–H and O–H groups in total. The molecular weight excluding hydrogens is 310 g/mol. The third-order valence-corrected chi connectivity index (χ3v) is 4.20. The molecule has 0 bridgehead atoms. The van der Waals surface area contributed by atoms with E-state index in [1.165, 1.54) is 12.1 Å². The molecule has 1 aliphatic heterocycles. The fourth-order valence-corrected chi connectivity index (χ4v) is 2.52. The highest BCUT2D eigenvalue weighted by Crippen LogP contribution is 2.26. The first-order valence-corrected chi connectivity index (χ1v) is 7.36. The summed E-state index contributed by atoms with van der Waals surface area (Å²) >= 11 is 0. The van der Waals surface area contributed by atoms with Crippen LogP contribution < -0.4 is 10.6 Å². The fraction of sp³-hybridized carbons (Fsp3) is 0.562. The van der Waals surface area contributed by atoms with E-state index >= 15 is 0 Å². The molecule has 1 fully saturated rings. The van der Waals surface area contributed by atoms with E-state index in [2.05, 4.69) is 10.6 Å². The van der Waals surface area contributed by atoms with Gasteiger partial charge in [0.2, 0.25) is 5.91 Å². The summed E-state index contributed by atoms with van der Waals surface area (Å²) in [6.07, 6.45) is 0. The van der Waals surface area contributed by atoms with Gasteiger partial charge in [0, 0.05) is 17.5 Å². The molecule has 0 aliphatic carbocycles. The Hall–Kier alpha value is -1.20. The number of hydrogen-bond acceptors (Lipinski definition) is 2. The van der Waals surface area contributed by atoms with Crippen molar-refractivity contribution < 1.29 is 13.6 Å². The Bertz CT molecular complexity index is 521. The molecule has 22 heavy (non-hydrogen) atoms. The molecule has 1 amide bonds. The zero-order valence-corrected chi connectivity index (χ0v) is 13.8. The van der Waals surface area contributed by atoms with Crippen LogP contribution in [-0.2, 0) is 4.79 Å². The fourth-order valence-electron chi connectivity index (χ4n) is 2.52. The Morgan fingerprint density at radius 1 is 1.27 bits per heavy atom. The molecule has 1 saturated heterocycles. The number of nitrogens with one attached hydrogen (secondary N) is 2. The molecule has 0 spiro atoms. The summed E-state index contributed by atoms with van der Waals surface area (Å²) in [5.74, 6) is -1.08. The molecule has 0 radical (unpaired) electrons. The van der Waals surface area contributed by atoms with Gasteiger partial charge in [-0.05, 0) is 31.0 Å². The first kappa shape index (κ1) is 18.8. The number of amides is 1. The van der Waals surface area contributed by atoms with Crippen molar-refractivity contribution in [2.75, 3.05) is 13.1 Å². The van der Waals surface area contributed by atoms with Gasteiger partial charge in [-0.2, -0.15) is 0 Å². The van der Waals surface area contributed by atoms with Gasteiger partial charge in [-0.3, -0.25) is 4.79 Å². The lowest BCUT2D eigenvalue weighted by Gasteiger charge is -2.33. The van der Waals surface area contributed by atoms with Crippen molar-refractivity contribution in [2.24, 2.45) is 17.8 Å². The van der Waals surface area contributed by atoms with Crippen LogP contribution in [0.5, 0.6) is 0 Å². The minimum Gasteiger partial charge on any atom is -0.349 e. The Morgan fingerprint density at radius 3 is 2.36 bits per heavy atom. The molecular formula is C16H23ClF2N2O. The summed E-state index contributed by atoms with van der Waals surface area (Å²) in [6, 6.07) is 3.04. The Kier molecular flexibility index (Phi) is 6.75. The Morgan fingerprint density at radius 2 is 1.91 bits per heavy atom. The molecule has 1 aliphatic rings. The lowest BCUT2D eigenvalue weighted by Crippen LogP contribution is -2.50. The number of carbonyl (C=O) groups is 1. The van der Waals surface area contributed by atoms with Crippen molar-refractivity contribution in [1.82, 2.24) is 10.6 Å². The lowest BCUT2D eigenvalue weighted by atomic mass is 9.87. The highest BCUT2D eigenvalue weighted by Gasteiger charge is 2.31. The van der Waals surface area contributed by atoms with Crippen LogP contribution in [0.25, 0.3) is 0 Å². The van der Waals surface area contributed by atoms with E-state index in [4.69, 9.17) is 0 Å². The van der Waals surface area contributed by atoms with E-state index in [1.54, 1.807) is 0 Å². The third-order valence-electron chi connectivity index (χ3n) is 4.20. The second-order valence-corrected chi connectivity index (χ2v) is 6.10. The van der Waals surface area contributed by atoms with Crippen LogP contribution in [0.15, 0.2) is 18.2 Å². The van der Waals surface area contributed by atoms with E-state index in [0.717, 1.165) is 19.2 Å². The number of rotatable bonds is 5. The molecule has 6 heteroatoms. The van der Waals surface area contributed by atoms with E-state index in [9.17, 15) is 13.6 Å². The van der Waals surface area contributed by atoms with Gasteiger partial charge in [-0.1, -0.05) is 26.8 Å². The lowest BCUT2D eigenvalue weighted by molar-refractivity contribution is -0.127. The molecule has 2 unspecified atom stereocenters. The van der Waals surface area contributed by atoms with Gasteiger partial charge in [0.05, 0.1) is 6.04 Å². The Labute approximate surface area is 136 Å². The minimum atomic E-state index is -0.619. The second kappa shape index (κ2) is 7.88. The van der Waals surface area contributed by atoms with Gasteiger partial charge < -0.3 is 10.6 Å².